The molecular formula is C20H32O6. The molecule has 0 aromatic carbocycles. The number of ether oxygens (including phenoxy) is 1. The number of hydrogen-bond acceptors (Lipinski definition) is 5. The molecule has 0 amide bonds. The molecule has 0 fully saturated rings. The minimum Gasteiger partial charge on any atom is -0.504 e. The molecule has 0 aromatic rings. The average Bonchev–Trinajstić information content (AvgIpc) is 3.33. The second kappa shape index (κ2) is 13.1. The maximum absolute atomic E-state index is 10.4. The molecule has 0 aliphatic carbocycles. The Morgan fingerprint density at radius 2 is 1.27 bits per heavy atom. The lowest BCUT2D eigenvalue weighted by atomic mass is 10.0. The van der Waals surface area contributed by atoms with Crippen molar-refractivity contribution in [2.45, 2.75) is 83.5 Å². The molecule has 1 heterocycles. The molecule has 0 unspecified atom stereocenters. The molecule has 0 saturated carbocycles. The molecule has 0 atom stereocenters. The number of hydrogen-bond donors (Lipinski definition) is 4. The predicted octanol–water partition coefficient (Wildman–Crippen LogP) is 5.78. The van der Waals surface area contributed by atoms with Gasteiger partial charge in [0.1, 0.15) is 0 Å². The summed E-state index contributed by atoms with van der Waals surface area (Å²) in [6.45, 7) is 0. The molecule has 0 aromatic heterocycles. The lowest BCUT2D eigenvalue weighted by molar-refractivity contribution is -0.137. The van der Waals surface area contributed by atoms with Crippen molar-refractivity contribution in [1.29, 1.82) is 0 Å². The molecule has 6 nitrogen and oxygen atoms in total. The second-order valence-electron chi connectivity index (χ2n) is 6.69. The maximum atomic E-state index is 10.4. The highest BCUT2D eigenvalue weighted by Crippen LogP contribution is 2.30. The van der Waals surface area contributed by atoms with Crippen LogP contribution in [0.3, 0.4) is 0 Å². The Morgan fingerprint density at radius 3 is 1.73 bits per heavy atom. The summed E-state index contributed by atoms with van der Waals surface area (Å²) in [4.78, 5) is 10.4. The van der Waals surface area contributed by atoms with Gasteiger partial charge in [0, 0.05) is 6.42 Å². The molecule has 0 bridgehead atoms. The van der Waals surface area contributed by atoms with E-state index in [1.165, 1.54) is 44.6 Å². The quantitative estimate of drug-likeness (QED) is 0.156. The van der Waals surface area contributed by atoms with Crippen molar-refractivity contribution >= 4 is 5.97 Å². The number of aliphatic hydroxyl groups is 3. The van der Waals surface area contributed by atoms with E-state index < -0.39 is 11.7 Å². The topological polar surface area (TPSA) is 111 Å². The van der Waals surface area contributed by atoms with Gasteiger partial charge in [-0.1, -0.05) is 63.9 Å². The number of allylic oxidation sites excluding steroid dienone is 2. The van der Waals surface area contributed by atoms with Crippen molar-refractivity contribution in [3.63, 3.8) is 0 Å². The van der Waals surface area contributed by atoms with E-state index in [2.05, 4.69) is 4.74 Å². The number of carboxylic acid groups (broad SMARTS) is 1. The Morgan fingerprint density at radius 1 is 0.808 bits per heavy atom. The summed E-state index contributed by atoms with van der Waals surface area (Å²) in [6, 6.07) is 0. The number of rotatable bonds is 16. The molecule has 1 rings (SSSR count). The Bertz CT molecular complexity index is 518. The summed E-state index contributed by atoms with van der Waals surface area (Å²) in [7, 11) is 0. The fourth-order valence-corrected chi connectivity index (χ4v) is 2.74. The molecule has 0 spiro atoms. The summed E-state index contributed by atoms with van der Waals surface area (Å²) in [6.07, 6.45) is 16.9. The van der Waals surface area contributed by atoms with Gasteiger partial charge in [-0.05, 0) is 25.3 Å². The normalized spacial score (nSPS) is 14.5. The van der Waals surface area contributed by atoms with Gasteiger partial charge in [0.25, 0.3) is 5.76 Å². The molecule has 6 heteroatoms. The zero-order chi connectivity index (χ0) is 19.2. The molecule has 0 saturated heterocycles. The Hall–Kier alpha value is -2.11. The largest absolute Gasteiger partial charge is 0.504 e. The first kappa shape index (κ1) is 21.9. The standard InChI is InChI=1S/C20H32O6/c21-16(18(24)19-20(25)26-19)14-12-10-8-6-4-2-1-3-5-7-9-11-13-15-17(22)23/h12,14,21,24-25H,1-11,13,15H2,(H,22,23). The average molecular weight is 368 g/mol. The van der Waals surface area contributed by atoms with Crippen molar-refractivity contribution in [3.8, 4) is 0 Å². The van der Waals surface area contributed by atoms with E-state index in [1.807, 2.05) is 0 Å². The first-order valence-electron chi connectivity index (χ1n) is 9.64. The highest BCUT2D eigenvalue weighted by Gasteiger charge is 2.30. The Kier molecular flexibility index (Phi) is 11.1. The zero-order valence-corrected chi connectivity index (χ0v) is 15.5. The minimum absolute atomic E-state index is 0.0626. The lowest BCUT2D eigenvalue weighted by Gasteiger charge is -2.02. The van der Waals surface area contributed by atoms with Gasteiger partial charge in [-0.15, -0.1) is 0 Å². The van der Waals surface area contributed by atoms with E-state index in [9.17, 15) is 15.0 Å². The molecule has 148 valence electrons. The molecule has 26 heavy (non-hydrogen) atoms. The van der Waals surface area contributed by atoms with E-state index in [-0.39, 0.29) is 17.5 Å². The Balaban J connectivity index is 1.85. The van der Waals surface area contributed by atoms with Crippen molar-refractivity contribution in [3.05, 3.63) is 35.4 Å². The first-order chi connectivity index (χ1) is 12.5. The third kappa shape index (κ3) is 10.7. The monoisotopic (exact) mass is 368 g/mol. The first-order valence-corrected chi connectivity index (χ1v) is 9.64. The van der Waals surface area contributed by atoms with Crippen LogP contribution in [-0.4, -0.2) is 26.4 Å². The van der Waals surface area contributed by atoms with Crippen molar-refractivity contribution in [1.82, 2.24) is 0 Å². The number of unbranched alkanes of at least 4 members (excludes halogenated alkanes) is 11. The predicted molar refractivity (Wildman–Crippen MR) is 99.8 cm³/mol. The van der Waals surface area contributed by atoms with E-state index in [0.717, 1.165) is 38.5 Å². The smallest absolute Gasteiger partial charge is 0.331 e. The fraction of sp³-hybridized carbons (Fsp3) is 0.650. The highest BCUT2D eigenvalue weighted by atomic mass is 16.7. The van der Waals surface area contributed by atoms with Crippen LogP contribution in [0.1, 0.15) is 83.5 Å². The van der Waals surface area contributed by atoms with E-state index in [0.29, 0.717) is 6.42 Å². The molecule has 4 N–H and O–H groups in total. The van der Waals surface area contributed by atoms with Gasteiger partial charge >= 0.3 is 11.9 Å². The van der Waals surface area contributed by atoms with Gasteiger partial charge in [0.2, 0.25) is 5.76 Å². The van der Waals surface area contributed by atoms with Crippen LogP contribution in [0, 0.1) is 0 Å². The van der Waals surface area contributed by atoms with Gasteiger partial charge in [-0.2, -0.15) is 0 Å². The lowest BCUT2D eigenvalue weighted by Crippen LogP contribution is -1.93. The van der Waals surface area contributed by atoms with Crippen LogP contribution in [0.5, 0.6) is 0 Å². The number of aliphatic hydroxyl groups excluding tert-OH is 3. The molecule has 1 aliphatic heterocycles. The van der Waals surface area contributed by atoms with Crippen molar-refractivity contribution < 1.29 is 30.0 Å². The number of carboxylic acids is 1. The number of carbonyl (C=O) groups is 1. The van der Waals surface area contributed by atoms with Gasteiger partial charge in [0.15, 0.2) is 5.76 Å². The van der Waals surface area contributed by atoms with E-state index in [1.54, 1.807) is 6.08 Å². The second-order valence-corrected chi connectivity index (χ2v) is 6.69. The van der Waals surface area contributed by atoms with Crippen LogP contribution < -0.4 is 0 Å². The van der Waals surface area contributed by atoms with Gasteiger partial charge in [-0.3, -0.25) is 4.79 Å². The summed E-state index contributed by atoms with van der Waals surface area (Å²) in [5.41, 5.74) is 0. The summed E-state index contributed by atoms with van der Waals surface area (Å²) >= 11 is 0. The zero-order valence-electron chi connectivity index (χ0n) is 15.5. The van der Waals surface area contributed by atoms with Crippen LogP contribution >= 0.6 is 0 Å². The maximum Gasteiger partial charge on any atom is 0.331 e. The van der Waals surface area contributed by atoms with Crippen LogP contribution in [0.25, 0.3) is 0 Å². The third-order valence-electron chi connectivity index (χ3n) is 4.35. The van der Waals surface area contributed by atoms with Gasteiger partial charge in [-0.25, -0.2) is 0 Å². The van der Waals surface area contributed by atoms with Crippen LogP contribution in [0.15, 0.2) is 35.4 Å². The highest BCUT2D eigenvalue weighted by molar-refractivity contribution is 5.66. The molecule has 1 aliphatic rings. The van der Waals surface area contributed by atoms with E-state index in [4.69, 9.17) is 10.2 Å². The SMILES string of the molecule is O=C(O)CCCCCCCCCCCCCC=CC(O)=C(O)C1=C(O)O1. The van der Waals surface area contributed by atoms with Crippen LogP contribution in [0.4, 0.5) is 0 Å². The summed E-state index contributed by atoms with van der Waals surface area (Å²) in [5.74, 6) is -1.83. The molecule has 0 radical (unpaired) electrons. The van der Waals surface area contributed by atoms with Gasteiger partial charge < -0.3 is 25.2 Å². The van der Waals surface area contributed by atoms with Crippen LogP contribution in [-0.2, 0) is 9.53 Å². The third-order valence-corrected chi connectivity index (χ3v) is 4.35. The van der Waals surface area contributed by atoms with Crippen LogP contribution in [0.2, 0.25) is 0 Å². The van der Waals surface area contributed by atoms with E-state index >= 15 is 0 Å². The van der Waals surface area contributed by atoms with Crippen molar-refractivity contribution in [2.24, 2.45) is 0 Å². The van der Waals surface area contributed by atoms with Gasteiger partial charge in [0.05, 0.1) is 0 Å². The minimum atomic E-state index is -0.697. The number of aliphatic carboxylic acids is 1. The van der Waals surface area contributed by atoms with Crippen molar-refractivity contribution in [2.75, 3.05) is 0 Å². The fourth-order valence-electron chi connectivity index (χ4n) is 2.74. The summed E-state index contributed by atoms with van der Waals surface area (Å²) in [5, 5.41) is 36.4. The Labute approximate surface area is 155 Å². The summed E-state index contributed by atoms with van der Waals surface area (Å²) < 4.78 is 4.50. The molecular weight excluding hydrogens is 336 g/mol.